The van der Waals surface area contributed by atoms with E-state index >= 15 is 0 Å². The van der Waals surface area contributed by atoms with Gasteiger partial charge in [-0.2, -0.15) is 0 Å². The molecule has 0 radical (unpaired) electrons. The first-order chi connectivity index (χ1) is 15.4. The summed E-state index contributed by atoms with van der Waals surface area (Å²) in [7, 11) is 1.68. The molecular weight excluding hydrogens is 394 g/mol. The summed E-state index contributed by atoms with van der Waals surface area (Å²) in [5.41, 5.74) is 6.67. The summed E-state index contributed by atoms with van der Waals surface area (Å²) in [5, 5.41) is 1.25. The van der Waals surface area contributed by atoms with Gasteiger partial charge in [-0.3, -0.25) is 4.79 Å². The van der Waals surface area contributed by atoms with E-state index in [1.165, 1.54) is 22.2 Å². The maximum absolute atomic E-state index is 13.5. The number of para-hydroxylation sites is 1. The Kier molecular flexibility index (Phi) is 6.18. The molecule has 1 atom stereocenters. The van der Waals surface area contributed by atoms with Crippen LogP contribution in [0.3, 0.4) is 0 Å². The molecule has 1 unspecified atom stereocenters. The molecule has 1 aromatic heterocycles. The zero-order valence-corrected chi connectivity index (χ0v) is 19.6. The average molecular weight is 426 g/mol. The zero-order valence-electron chi connectivity index (χ0n) is 19.6. The lowest BCUT2D eigenvalue weighted by Crippen LogP contribution is -2.16. The Bertz CT molecular complexity index is 1250. The quantitative estimate of drug-likeness (QED) is 0.292. The van der Waals surface area contributed by atoms with Crippen molar-refractivity contribution in [3.8, 4) is 5.75 Å². The summed E-state index contributed by atoms with van der Waals surface area (Å²) in [6.07, 6.45) is 0.416. The van der Waals surface area contributed by atoms with E-state index in [0.717, 1.165) is 22.4 Å². The third-order valence-electron chi connectivity index (χ3n) is 6.31. The van der Waals surface area contributed by atoms with Crippen LogP contribution in [-0.4, -0.2) is 17.5 Å². The number of ether oxygens (including phenoxy) is 1. The van der Waals surface area contributed by atoms with Crippen molar-refractivity contribution in [3.05, 3.63) is 101 Å². The van der Waals surface area contributed by atoms with Crippen molar-refractivity contribution in [1.82, 2.24) is 4.57 Å². The summed E-state index contributed by atoms with van der Waals surface area (Å²) >= 11 is 0. The summed E-state index contributed by atoms with van der Waals surface area (Å²) in [6, 6.07) is 24.9. The second-order valence-electron chi connectivity index (χ2n) is 8.81. The molecule has 0 aliphatic heterocycles. The van der Waals surface area contributed by atoms with Crippen LogP contribution in [0.5, 0.6) is 5.75 Å². The van der Waals surface area contributed by atoms with E-state index in [1.54, 1.807) is 7.11 Å². The van der Waals surface area contributed by atoms with Crippen LogP contribution in [0.15, 0.2) is 72.8 Å². The molecule has 0 spiro atoms. The summed E-state index contributed by atoms with van der Waals surface area (Å²) < 4.78 is 7.79. The van der Waals surface area contributed by atoms with Crippen molar-refractivity contribution >= 4 is 16.7 Å². The highest BCUT2D eigenvalue weighted by Crippen LogP contribution is 2.39. The van der Waals surface area contributed by atoms with Gasteiger partial charge in [0.15, 0.2) is 5.78 Å². The molecule has 164 valence electrons. The fourth-order valence-corrected chi connectivity index (χ4v) is 4.77. The standard InChI is InChI=1S/C29H31NO2/c1-19(2)30-27-12-7-6-11-25(27)21(4)29(30)26(22-13-15-24(32-5)16-14-22)18-28(31)23-10-8-9-20(3)17-23/h6-17,19,26H,18H2,1-5H3. The summed E-state index contributed by atoms with van der Waals surface area (Å²) in [5.74, 6) is 0.928. The maximum Gasteiger partial charge on any atom is 0.163 e. The number of aryl methyl sites for hydroxylation is 2. The fraction of sp³-hybridized carbons (Fsp3) is 0.276. The van der Waals surface area contributed by atoms with Crippen LogP contribution in [-0.2, 0) is 0 Å². The number of nitrogens with zero attached hydrogens (tertiary/aromatic N) is 1. The number of methoxy groups -OCH3 is 1. The van der Waals surface area contributed by atoms with E-state index in [0.29, 0.717) is 6.42 Å². The Morgan fingerprint density at radius 3 is 2.31 bits per heavy atom. The number of hydrogen-bond acceptors (Lipinski definition) is 2. The molecule has 3 heteroatoms. The number of rotatable bonds is 7. The lowest BCUT2D eigenvalue weighted by atomic mass is 9.86. The third-order valence-corrected chi connectivity index (χ3v) is 6.31. The van der Waals surface area contributed by atoms with E-state index in [-0.39, 0.29) is 17.7 Å². The molecule has 0 aliphatic carbocycles. The van der Waals surface area contributed by atoms with Crippen LogP contribution in [0.4, 0.5) is 0 Å². The first-order valence-corrected chi connectivity index (χ1v) is 11.2. The van der Waals surface area contributed by atoms with Crippen molar-refractivity contribution in [2.45, 2.75) is 46.1 Å². The van der Waals surface area contributed by atoms with Crippen LogP contribution in [0, 0.1) is 13.8 Å². The minimum Gasteiger partial charge on any atom is -0.497 e. The molecular formula is C29H31NO2. The maximum atomic E-state index is 13.5. The minimum absolute atomic E-state index is 0.0521. The molecule has 0 amide bonds. The predicted octanol–water partition coefficient (Wildman–Crippen LogP) is 7.25. The SMILES string of the molecule is COc1ccc(C(CC(=O)c2cccc(C)c2)c2c(C)c3ccccc3n2C(C)C)cc1. The molecule has 0 saturated carbocycles. The monoisotopic (exact) mass is 425 g/mol. The van der Waals surface area contributed by atoms with E-state index in [2.05, 4.69) is 61.7 Å². The topological polar surface area (TPSA) is 31.2 Å². The third kappa shape index (κ3) is 4.08. The van der Waals surface area contributed by atoms with Crippen molar-refractivity contribution in [2.75, 3.05) is 7.11 Å². The van der Waals surface area contributed by atoms with Crippen LogP contribution in [0.25, 0.3) is 10.9 Å². The number of carbonyl (C=O) groups is 1. The van der Waals surface area contributed by atoms with Crippen LogP contribution < -0.4 is 4.74 Å². The van der Waals surface area contributed by atoms with E-state index in [1.807, 2.05) is 43.3 Å². The Hall–Kier alpha value is -3.33. The molecule has 0 bridgehead atoms. The van der Waals surface area contributed by atoms with Gasteiger partial charge in [0.05, 0.1) is 7.11 Å². The van der Waals surface area contributed by atoms with Gasteiger partial charge in [-0.05, 0) is 63.1 Å². The number of Topliss-reactive ketones (excluding diaryl/α,β-unsaturated/α-hetero) is 1. The highest BCUT2D eigenvalue weighted by molar-refractivity contribution is 5.97. The van der Waals surface area contributed by atoms with Crippen LogP contribution >= 0.6 is 0 Å². The molecule has 0 aliphatic rings. The largest absolute Gasteiger partial charge is 0.497 e. The second kappa shape index (κ2) is 9.04. The lowest BCUT2D eigenvalue weighted by Gasteiger charge is -2.24. The van der Waals surface area contributed by atoms with Crippen molar-refractivity contribution in [3.63, 3.8) is 0 Å². The number of ketones is 1. The molecule has 4 aromatic rings. The number of benzene rings is 3. The van der Waals surface area contributed by atoms with Gasteiger partial charge in [-0.1, -0.05) is 54.1 Å². The summed E-state index contributed by atoms with van der Waals surface area (Å²) in [6.45, 7) is 8.63. The molecule has 0 saturated heterocycles. The van der Waals surface area contributed by atoms with Crippen molar-refractivity contribution in [2.24, 2.45) is 0 Å². The van der Waals surface area contributed by atoms with Gasteiger partial charge in [0.2, 0.25) is 0 Å². The zero-order chi connectivity index (χ0) is 22.8. The fourth-order valence-electron chi connectivity index (χ4n) is 4.77. The van der Waals surface area contributed by atoms with Gasteiger partial charge in [0, 0.05) is 40.5 Å². The molecule has 3 aromatic carbocycles. The first-order valence-electron chi connectivity index (χ1n) is 11.2. The van der Waals surface area contributed by atoms with Gasteiger partial charge in [0.25, 0.3) is 0 Å². The molecule has 4 rings (SSSR count). The Balaban J connectivity index is 1.89. The summed E-state index contributed by atoms with van der Waals surface area (Å²) in [4.78, 5) is 13.5. The van der Waals surface area contributed by atoms with E-state index in [9.17, 15) is 4.79 Å². The molecule has 32 heavy (non-hydrogen) atoms. The smallest absolute Gasteiger partial charge is 0.163 e. The van der Waals surface area contributed by atoms with Crippen LogP contribution in [0.2, 0.25) is 0 Å². The second-order valence-corrected chi connectivity index (χ2v) is 8.81. The number of aromatic nitrogens is 1. The molecule has 0 N–H and O–H groups in total. The molecule has 0 fully saturated rings. The predicted molar refractivity (Wildman–Crippen MR) is 132 cm³/mol. The lowest BCUT2D eigenvalue weighted by molar-refractivity contribution is 0.0976. The van der Waals surface area contributed by atoms with E-state index < -0.39 is 0 Å². The number of carbonyl (C=O) groups excluding carboxylic acids is 1. The van der Waals surface area contributed by atoms with Crippen LogP contribution in [0.1, 0.15) is 65.0 Å². The Morgan fingerprint density at radius 1 is 0.938 bits per heavy atom. The Labute approximate surface area is 190 Å². The van der Waals surface area contributed by atoms with Gasteiger partial charge < -0.3 is 9.30 Å². The van der Waals surface area contributed by atoms with Gasteiger partial charge >= 0.3 is 0 Å². The van der Waals surface area contributed by atoms with Gasteiger partial charge in [-0.15, -0.1) is 0 Å². The van der Waals surface area contributed by atoms with Gasteiger partial charge in [0.1, 0.15) is 5.75 Å². The van der Waals surface area contributed by atoms with Crippen molar-refractivity contribution < 1.29 is 9.53 Å². The number of fused-ring (bicyclic) bond motifs is 1. The Morgan fingerprint density at radius 2 is 1.66 bits per heavy atom. The molecule has 1 heterocycles. The van der Waals surface area contributed by atoms with Gasteiger partial charge in [-0.25, -0.2) is 0 Å². The van der Waals surface area contributed by atoms with Crippen molar-refractivity contribution in [1.29, 1.82) is 0 Å². The normalized spacial score (nSPS) is 12.3. The van der Waals surface area contributed by atoms with E-state index in [4.69, 9.17) is 4.74 Å². The highest BCUT2D eigenvalue weighted by Gasteiger charge is 2.27. The first kappa shape index (κ1) is 21.9. The highest BCUT2D eigenvalue weighted by atomic mass is 16.5. The molecule has 3 nitrogen and oxygen atoms in total. The minimum atomic E-state index is -0.0521. The average Bonchev–Trinajstić information content (AvgIpc) is 3.10. The number of hydrogen-bond donors (Lipinski definition) is 0.